The Bertz CT molecular complexity index is 578. The number of anilines is 1. The molecule has 3 rings (SSSR count). The molecule has 25 heavy (non-hydrogen) atoms. The van der Waals surface area contributed by atoms with Crippen molar-refractivity contribution in [3.05, 3.63) is 30.1 Å². The van der Waals surface area contributed by atoms with Gasteiger partial charge in [0.2, 0.25) is 5.91 Å². The first kappa shape index (κ1) is 18.1. The quantitative estimate of drug-likeness (QED) is 0.851. The first-order valence-electron chi connectivity index (χ1n) is 9.30. The summed E-state index contributed by atoms with van der Waals surface area (Å²) >= 11 is 0. The number of piperazine rings is 1. The molecular formula is C19H29FN4O. The lowest BCUT2D eigenvalue weighted by molar-refractivity contribution is -0.127. The molecule has 1 aromatic carbocycles. The van der Waals surface area contributed by atoms with E-state index in [2.05, 4.69) is 15.1 Å². The zero-order valence-corrected chi connectivity index (χ0v) is 15.0. The van der Waals surface area contributed by atoms with Gasteiger partial charge in [0, 0.05) is 38.4 Å². The maximum absolute atomic E-state index is 13.1. The summed E-state index contributed by atoms with van der Waals surface area (Å²) in [5.41, 5.74) is 6.77. The number of halogens is 1. The second kappa shape index (κ2) is 7.70. The lowest BCUT2D eigenvalue weighted by Crippen LogP contribution is -2.59. The summed E-state index contributed by atoms with van der Waals surface area (Å²) in [5.74, 6) is -0.129. The molecule has 1 heterocycles. The van der Waals surface area contributed by atoms with E-state index in [9.17, 15) is 9.18 Å². The second-order valence-electron chi connectivity index (χ2n) is 7.36. The first-order chi connectivity index (χ1) is 12.0. The molecule has 1 amide bonds. The second-order valence-corrected chi connectivity index (χ2v) is 7.36. The van der Waals surface area contributed by atoms with Gasteiger partial charge < -0.3 is 16.0 Å². The predicted molar refractivity (Wildman–Crippen MR) is 98.0 cm³/mol. The molecule has 1 atom stereocenters. The lowest BCUT2D eigenvalue weighted by Gasteiger charge is -2.39. The summed E-state index contributed by atoms with van der Waals surface area (Å²) in [4.78, 5) is 17.1. The molecule has 1 aliphatic heterocycles. The zero-order valence-electron chi connectivity index (χ0n) is 15.0. The van der Waals surface area contributed by atoms with Gasteiger partial charge in [-0.15, -0.1) is 0 Å². The van der Waals surface area contributed by atoms with E-state index in [1.807, 2.05) is 19.1 Å². The largest absolute Gasteiger partial charge is 0.369 e. The Morgan fingerprint density at radius 3 is 2.36 bits per heavy atom. The molecule has 0 spiro atoms. The minimum absolute atomic E-state index is 0.0857. The molecular weight excluding hydrogens is 319 g/mol. The van der Waals surface area contributed by atoms with Crippen LogP contribution in [0, 0.1) is 5.82 Å². The summed E-state index contributed by atoms with van der Waals surface area (Å²) in [7, 11) is 0. The number of nitrogens with one attached hydrogen (secondary N) is 1. The highest BCUT2D eigenvalue weighted by molar-refractivity contribution is 5.82. The molecule has 1 aromatic rings. The SMILES string of the molecule is CC(C(=O)NC1(CN)CCCC1)N1CCN(c2ccc(F)cc2)CC1. The van der Waals surface area contributed by atoms with Gasteiger partial charge in [-0.3, -0.25) is 9.69 Å². The summed E-state index contributed by atoms with van der Waals surface area (Å²) < 4.78 is 13.1. The molecule has 0 bridgehead atoms. The van der Waals surface area contributed by atoms with Crippen LogP contribution in [0.5, 0.6) is 0 Å². The molecule has 6 heteroatoms. The van der Waals surface area contributed by atoms with Crippen molar-refractivity contribution in [1.29, 1.82) is 0 Å². The van der Waals surface area contributed by atoms with Gasteiger partial charge in [0.1, 0.15) is 5.82 Å². The van der Waals surface area contributed by atoms with Crippen LogP contribution in [0.2, 0.25) is 0 Å². The van der Waals surface area contributed by atoms with Gasteiger partial charge in [0.25, 0.3) is 0 Å². The van der Waals surface area contributed by atoms with Crippen molar-refractivity contribution in [3.8, 4) is 0 Å². The van der Waals surface area contributed by atoms with Gasteiger partial charge in [-0.2, -0.15) is 0 Å². The van der Waals surface area contributed by atoms with Crippen LogP contribution in [0.15, 0.2) is 24.3 Å². The number of hydrogen-bond acceptors (Lipinski definition) is 4. The molecule has 1 aliphatic carbocycles. The average Bonchev–Trinajstić information content (AvgIpc) is 3.11. The number of nitrogens with two attached hydrogens (primary N) is 1. The molecule has 2 fully saturated rings. The molecule has 0 radical (unpaired) electrons. The Morgan fingerprint density at radius 2 is 1.80 bits per heavy atom. The smallest absolute Gasteiger partial charge is 0.237 e. The van der Waals surface area contributed by atoms with Gasteiger partial charge in [0.15, 0.2) is 0 Å². The van der Waals surface area contributed by atoms with Gasteiger partial charge in [-0.05, 0) is 44.0 Å². The van der Waals surface area contributed by atoms with Crippen molar-refractivity contribution in [1.82, 2.24) is 10.2 Å². The fraction of sp³-hybridized carbons (Fsp3) is 0.632. The Kier molecular flexibility index (Phi) is 5.59. The lowest BCUT2D eigenvalue weighted by atomic mass is 9.97. The van der Waals surface area contributed by atoms with Crippen LogP contribution in [-0.2, 0) is 4.79 Å². The fourth-order valence-corrected chi connectivity index (χ4v) is 3.98. The number of carbonyl (C=O) groups excluding carboxylic acids is 1. The molecule has 2 aliphatic rings. The number of hydrogen-bond donors (Lipinski definition) is 2. The molecule has 1 saturated heterocycles. The van der Waals surface area contributed by atoms with Gasteiger partial charge in [0.05, 0.1) is 11.6 Å². The Hall–Kier alpha value is -1.66. The molecule has 1 saturated carbocycles. The van der Waals surface area contributed by atoms with Crippen LogP contribution < -0.4 is 16.0 Å². The summed E-state index contributed by atoms with van der Waals surface area (Å²) in [6, 6.07) is 6.45. The van der Waals surface area contributed by atoms with E-state index in [-0.39, 0.29) is 23.3 Å². The van der Waals surface area contributed by atoms with E-state index in [0.29, 0.717) is 6.54 Å². The molecule has 0 aromatic heterocycles. The van der Waals surface area contributed by atoms with Gasteiger partial charge in [-0.1, -0.05) is 12.8 Å². The molecule has 3 N–H and O–H groups in total. The maximum Gasteiger partial charge on any atom is 0.237 e. The van der Waals surface area contributed by atoms with E-state index in [1.54, 1.807) is 0 Å². The average molecular weight is 348 g/mol. The highest BCUT2D eigenvalue weighted by Gasteiger charge is 2.36. The third-order valence-electron chi connectivity index (χ3n) is 5.77. The van der Waals surface area contributed by atoms with Crippen LogP contribution in [0.3, 0.4) is 0 Å². The van der Waals surface area contributed by atoms with Crippen LogP contribution in [0.1, 0.15) is 32.6 Å². The highest BCUT2D eigenvalue weighted by Crippen LogP contribution is 2.29. The number of benzene rings is 1. The normalized spacial score (nSPS) is 22.0. The molecule has 138 valence electrons. The van der Waals surface area contributed by atoms with E-state index < -0.39 is 0 Å². The van der Waals surface area contributed by atoms with Crippen molar-refractivity contribution in [2.45, 2.75) is 44.2 Å². The van der Waals surface area contributed by atoms with Gasteiger partial charge >= 0.3 is 0 Å². The van der Waals surface area contributed by atoms with Crippen molar-refractivity contribution >= 4 is 11.6 Å². The minimum Gasteiger partial charge on any atom is -0.369 e. The summed E-state index contributed by atoms with van der Waals surface area (Å²) in [6.07, 6.45) is 4.25. The van der Waals surface area contributed by atoms with Gasteiger partial charge in [-0.25, -0.2) is 4.39 Å². The van der Waals surface area contributed by atoms with Crippen molar-refractivity contribution in [2.24, 2.45) is 5.73 Å². The van der Waals surface area contributed by atoms with Crippen LogP contribution in [-0.4, -0.2) is 55.1 Å². The van der Waals surface area contributed by atoms with E-state index in [4.69, 9.17) is 5.73 Å². The number of rotatable bonds is 5. The fourth-order valence-electron chi connectivity index (χ4n) is 3.98. The van der Waals surface area contributed by atoms with Crippen LogP contribution in [0.25, 0.3) is 0 Å². The Balaban J connectivity index is 1.53. The Morgan fingerprint density at radius 1 is 1.20 bits per heavy atom. The summed E-state index contributed by atoms with van der Waals surface area (Å²) in [5, 5.41) is 3.23. The van der Waals surface area contributed by atoms with Crippen molar-refractivity contribution < 1.29 is 9.18 Å². The van der Waals surface area contributed by atoms with E-state index in [1.165, 1.54) is 12.1 Å². The van der Waals surface area contributed by atoms with Crippen molar-refractivity contribution in [2.75, 3.05) is 37.6 Å². The number of carbonyl (C=O) groups is 1. The monoisotopic (exact) mass is 348 g/mol. The van der Waals surface area contributed by atoms with Crippen LogP contribution >= 0.6 is 0 Å². The van der Waals surface area contributed by atoms with Crippen LogP contribution in [0.4, 0.5) is 10.1 Å². The molecule has 5 nitrogen and oxygen atoms in total. The molecule has 1 unspecified atom stereocenters. The predicted octanol–water partition coefficient (Wildman–Crippen LogP) is 1.72. The first-order valence-corrected chi connectivity index (χ1v) is 9.30. The maximum atomic E-state index is 13.1. The van der Waals surface area contributed by atoms with E-state index >= 15 is 0 Å². The number of nitrogens with zero attached hydrogens (tertiary/aromatic N) is 2. The zero-order chi connectivity index (χ0) is 17.9. The third-order valence-corrected chi connectivity index (χ3v) is 5.77. The summed E-state index contributed by atoms with van der Waals surface area (Å²) in [6.45, 7) is 5.81. The topological polar surface area (TPSA) is 61.6 Å². The standard InChI is InChI=1S/C19H29FN4O/c1-15(18(25)22-19(14-21)8-2-3-9-19)23-10-12-24(13-11-23)17-6-4-16(20)5-7-17/h4-7,15H,2-3,8-14,21H2,1H3,(H,22,25). The number of amides is 1. The minimum atomic E-state index is -0.214. The third kappa shape index (κ3) is 4.12. The Labute approximate surface area is 149 Å². The van der Waals surface area contributed by atoms with Crippen molar-refractivity contribution in [3.63, 3.8) is 0 Å². The van der Waals surface area contributed by atoms with E-state index in [0.717, 1.165) is 57.5 Å². The highest BCUT2D eigenvalue weighted by atomic mass is 19.1.